The van der Waals surface area contributed by atoms with E-state index in [1.165, 1.54) is 25.4 Å². The topological polar surface area (TPSA) is 96.6 Å². The Labute approximate surface area is 161 Å². The van der Waals surface area contributed by atoms with Crippen molar-refractivity contribution in [2.24, 2.45) is 0 Å². The van der Waals surface area contributed by atoms with Crippen LogP contribution in [0.25, 0.3) is 11.0 Å². The minimum Gasteiger partial charge on any atom is -0.448 e. The Morgan fingerprint density at radius 1 is 1.46 bits per heavy atom. The van der Waals surface area contributed by atoms with Crippen molar-refractivity contribution in [2.75, 3.05) is 11.9 Å². The Kier molecular flexibility index (Phi) is 5.69. The van der Waals surface area contributed by atoms with E-state index >= 15 is 0 Å². The second-order valence-electron chi connectivity index (χ2n) is 5.52. The highest BCUT2D eigenvalue weighted by molar-refractivity contribution is 14.1. The van der Waals surface area contributed by atoms with E-state index in [2.05, 4.69) is 15.8 Å². The van der Waals surface area contributed by atoms with Crippen molar-refractivity contribution in [1.82, 2.24) is 10.5 Å². The molecule has 0 radical (unpaired) electrons. The number of aliphatic hydroxyl groups excluding tert-OH is 1. The van der Waals surface area contributed by atoms with Crippen LogP contribution in [0.3, 0.4) is 0 Å². The van der Waals surface area contributed by atoms with E-state index in [0.29, 0.717) is 11.0 Å². The van der Waals surface area contributed by atoms with Crippen LogP contribution in [-0.4, -0.2) is 28.7 Å². The zero-order valence-electron chi connectivity index (χ0n) is 13.6. The molecular formula is C17H15FIN3O4. The molecule has 0 unspecified atom stereocenters. The van der Waals surface area contributed by atoms with Gasteiger partial charge in [-0.1, -0.05) is 0 Å². The number of nitrogens with one attached hydrogen (secondary N) is 2. The molecule has 0 aliphatic heterocycles. The number of fused-ring (bicyclic) bond motifs is 1. The number of benzene rings is 1. The number of nitrogens with zero attached hydrogens (tertiary/aromatic N) is 1. The molecule has 1 atom stereocenters. The van der Waals surface area contributed by atoms with Gasteiger partial charge >= 0.3 is 5.91 Å². The number of anilines is 2. The molecule has 0 aliphatic carbocycles. The van der Waals surface area contributed by atoms with Crippen molar-refractivity contribution in [3.8, 4) is 0 Å². The Balaban J connectivity index is 1.95. The first-order valence-corrected chi connectivity index (χ1v) is 8.72. The molecule has 2 aromatic heterocycles. The first-order chi connectivity index (χ1) is 12.5. The van der Waals surface area contributed by atoms with Gasteiger partial charge in [0.05, 0.1) is 17.2 Å². The molecule has 0 saturated carbocycles. The molecule has 3 aromatic rings. The summed E-state index contributed by atoms with van der Waals surface area (Å²) in [6.07, 6.45) is 2.29. The summed E-state index contributed by atoms with van der Waals surface area (Å²) in [6.45, 7) is 1.44. The van der Waals surface area contributed by atoms with Gasteiger partial charge in [0.1, 0.15) is 23.7 Å². The molecular weight excluding hydrogens is 456 g/mol. The number of aromatic nitrogens is 1. The maximum Gasteiger partial charge on any atom is 0.312 e. The van der Waals surface area contributed by atoms with E-state index < -0.39 is 17.8 Å². The fourth-order valence-corrected chi connectivity index (χ4v) is 2.68. The first-order valence-electron chi connectivity index (χ1n) is 7.64. The Morgan fingerprint density at radius 3 is 3.00 bits per heavy atom. The van der Waals surface area contributed by atoms with Gasteiger partial charge in [-0.15, -0.1) is 0 Å². The third-order valence-electron chi connectivity index (χ3n) is 3.38. The number of rotatable bonds is 6. The van der Waals surface area contributed by atoms with Gasteiger partial charge in [0.15, 0.2) is 0 Å². The van der Waals surface area contributed by atoms with Crippen molar-refractivity contribution in [3.63, 3.8) is 0 Å². The maximum absolute atomic E-state index is 14.2. The average molecular weight is 471 g/mol. The molecule has 0 fully saturated rings. The average Bonchev–Trinajstić information content (AvgIpc) is 2.96. The van der Waals surface area contributed by atoms with Crippen LogP contribution in [0.15, 0.2) is 41.1 Å². The number of halogens is 2. The Bertz CT molecular complexity index is 945. The van der Waals surface area contributed by atoms with E-state index in [9.17, 15) is 14.3 Å². The van der Waals surface area contributed by atoms with E-state index in [4.69, 9.17) is 9.25 Å². The highest BCUT2D eigenvalue weighted by Gasteiger charge is 2.22. The second-order valence-corrected chi connectivity index (χ2v) is 6.76. The van der Waals surface area contributed by atoms with Crippen molar-refractivity contribution in [3.05, 3.63) is 51.8 Å². The number of carbonyl (C=O) groups is 1. The van der Waals surface area contributed by atoms with Crippen molar-refractivity contribution in [2.45, 2.75) is 13.0 Å². The molecule has 7 nitrogen and oxygen atoms in total. The van der Waals surface area contributed by atoms with Crippen molar-refractivity contribution in [1.29, 1.82) is 0 Å². The van der Waals surface area contributed by atoms with Gasteiger partial charge in [0, 0.05) is 16.0 Å². The van der Waals surface area contributed by atoms with Gasteiger partial charge < -0.3 is 14.8 Å². The minimum absolute atomic E-state index is 0.0813. The number of aliphatic hydroxyl groups is 1. The van der Waals surface area contributed by atoms with E-state index in [-0.39, 0.29) is 23.7 Å². The molecule has 3 N–H and O–H groups in total. The predicted octanol–water partition coefficient (Wildman–Crippen LogP) is 3.36. The quantitative estimate of drug-likeness (QED) is 0.377. The fourth-order valence-electron chi connectivity index (χ4n) is 2.23. The fraction of sp³-hybridized carbons (Fsp3) is 0.176. The van der Waals surface area contributed by atoms with Crippen LogP contribution in [0.4, 0.5) is 15.8 Å². The summed E-state index contributed by atoms with van der Waals surface area (Å²) in [5.74, 6) is -1.22. The molecule has 0 aliphatic rings. The van der Waals surface area contributed by atoms with E-state index in [0.717, 1.165) is 3.57 Å². The first kappa shape index (κ1) is 18.5. The molecule has 9 heteroatoms. The minimum atomic E-state index is -0.742. The monoisotopic (exact) mass is 471 g/mol. The Hall–Kier alpha value is -2.24. The summed E-state index contributed by atoms with van der Waals surface area (Å²) in [6, 6.07) is 6.27. The van der Waals surface area contributed by atoms with Gasteiger partial charge in [-0.05, 0) is 53.8 Å². The van der Waals surface area contributed by atoms with E-state index in [1.807, 2.05) is 22.6 Å². The third-order valence-corrected chi connectivity index (χ3v) is 4.05. The van der Waals surface area contributed by atoms with Crippen molar-refractivity contribution < 1.29 is 23.5 Å². The van der Waals surface area contributed by atoms with Gasteiger partial charge in [0.25, 0.3) is 0 Å². The largest absolute Gasteiger partial charge is 0.448 e. The lowest BCUT2D eigenvalue weighted by Crippen LogP contribution is -2.27. The summed E-state index contributed by atoms with van der Waals surface area (Å²) < 4.78 is 20.5. The maximum atomic E-state index is 14.2. The summed E-state index contributed by atoms with van der Waals surface area (Å²) in [5, 5.41) is 12.6. The SMILES string of the molecule is C[C@@H](O)CONC(=O)c1oc2ccncc2c1Nc1ccc(I)cc1F. The molecule has 0 bridgehead atoms. The molecule has 2 heterocycles. The number of hydroxylamine groups is 1. The van der Waals surface area contributed by atoms with Gasteiger partial charge in [0.2, 0.25) is 5.76 Å². The molecule has 136 valence electrons. The van der Waals surface area contributed by atoms with Crippen LogP contribution < -0.4 is 10.8 Å². The normalized spacial score (nSPS) is 12.2. The summed E-state index contributed by atoms with van der Waals surface area (Å²) in [5.41, 5.74) is 3.06. The summed E-state index contributed by atoms with van der Waals surface area (Å²) in [4.78, 5) is 21.3. The number of furan rings is 1. The lowest BCUT2D eigenvalue weighted by atomic mass is 10.2. The van der Waals surface area contributed by atoms with Gasteiger partial charge in [-0.25, -0.2) is 9.87 Å². The lowest BCUT2D eigenvalue weighted by Gasteiger charge is -2.10. The summed E-state index contributed by atoms with van der Waals surface area (Å²) in [7, 11) is 0. The van der Waals surface area contributed by atoms with Crippen LogP contribution in [0.5, 0.6) is 0 Å². The molecule has 1 amide bonds. The van der Waals surface area contributed by atoms with Crippen LogP contribution >= 0.6 is 22.6 Å². The van der Waals surface area contributed by atoms with Gasteiger partial charge in [-0.2, -0.15) is 0 Å². The summed E-state index contributed by atoms with van der Waals surface area (Å²) >= 11 is 2.01. The zero-order chi connectivity index (χ0) is 18.7. The molecule has 0 saturated heterocycles. The lowest BCUT2D eigenvalue weighted by molar-refractivity contribution is -0.00799. The van der Waals surface area contributed by atoms with Crippen LogP contribution in [-0.2, 0) is 4.84 Å². The smallest absolute Gasteiger partial charge is 0.312 e. The number of hydrogen-bond acceptors (Lipinski definition) is 6. The second kappa shape index (κ2) is 7.98. The highest BCUT2D eigenvalue weighted by Crippen LogP contribution is 2.33. The molecule has 26 heavy (non-hydrogen) atoms. The molecule has 0 spiro atoms. The van der Waals surface area contributed by atoms with Gasteiger partial charge in [-0.3, -0.25) is 14.6 Å². The number of hydrogen-bond donors (Lipinski definition) is 3. The molecule has 1 aromatic carbocycles. The van der Waals surface area contributed by atoms with Crippen LogP contribution in [0, 0.1) is 9.39 Å². The number of pyridine rings is 1. The third kappa shape index (κ3) is 4.11. The number of carbonyl (C=O) groups excluding carboxylic acids is 1. The van der Waals surface area contributed by atoms with Crippen molar-refractivity contribution >= 4 is 50.8 Å². The highest BCUT2D eigenvalue weighted by atomic mass is 127. The predicted molar refractivity (Wildman–Crippen MR) is 102 cm³/mol. The van der Waals surface area contributed by atoms with E-state index in [1.54, 1.807) is 18.2 Å². The zero-order valence-corrected chi connectivity index (χ0v) is 15.8. The Morgan fingerprint density at radius 2 is 2.27 bits per heavy atom. The molecule has 3 rings (SSSR count). The number of amides is 1. The standard InChI is InChI=1S/C17H15FIN3O4/c1-9(23)8-25-22-17(24)16-15(11-7-20-5-4-14(11)26-16)21-13-3-2-10(19)6-12(13)18/h2-7,9,21,23H,8H2,1H3,(H,22,24)/t9-/m1/s1. The van der Waals surface area contributed by atoms with Crippen LogP contribution in [0.2, 0.25) is 0 Å². The van der Waals surface area contributed by atoms with Crippen LogP contribution in [0.1, 0.15) is 17.5 Å².